The number of anilines is 1. The van der Waals surface area contributed by atoms with Crippen LogP contribution in [0.25, 0.3) is 0 Å². The maximum Gasteiger partial charge on any atom is 0.256 e. The first-order valence-corrected chi connectivity index (χ1v) is 6.15. The van der Waals surface area contributed by atoms with Gasteiger partial charge in [0, 0.05) is 6.54 Å². The molecule has 0 saturated carbocycles. The molecule has 1 atom stereocenters. The number of aromatic hydroxyl groups is 1. The zero-order chi connectivity index (χ0) is 13.6. The maximum absolute atomic E-state index is 12.4. The van der Waals surface area contributed by atoms with E-state index in [1.165, 1.54) is 13.2 Å². The number of fused-ring (bicyclic) bond motifs is 2. The standard InChI is InChI=1S/C13H14N2O4/c1-19-9-5-4-7-10(11(9)16)14-12(17)8-3-2-6-15(8)13(7)18/h4-5,8,16H,2-3,6H2,1H3,(H,14,17). The third kappa shape index (κ3) is 1.63. The molecule has 2 aliphatic rings. The van der Waals surface area contributed by atoms with Crippen molar-refractivity contribution in [1.29, 1.82) is 0 Å². The summed E-state index contributed by atoms with van der Waals surface area (Å²) < 4.78 is 4.99. The van der Waals surface area contributed by atoms with Gasteiger partial charge in [0.1, 0.15) is 11.7 Å². The van der Waals surface area contributed by atoms with Crippen molar-refractivity contribution in [3.05, 3.63) is 17.7 Å². The number of phenolic OH excluding ortho intramolecular Hbond substituents is 1. The van der Waals surface area contributed by atoms with Crippen LogP contribution in [0.1, 0.15) is 23.2 Å². The molecule has 2 N–H and O–H groups in total. The first-order chi connectivity index (χ1) is 9.13. The molecule has 1 fully saturated rings. The number of rotatable bonds is 1. The molecule has 3 rings (SSSR count). The Labute approximate surface area is 110 Å². The normalized spacial score (nSPS) is 21.5. The largest absolute Gasteiger partial charge is 0.503 e. The molecule has 0 spiro atoms. The number of amides is 2. The summed E-state index contributed by atoms with van der Waals surface area (Å²) in [5.74, 6) is -0.460. The summed E-state index contributed by atoms with van der Waals surface area (Å²) in [6.45, 7) is 0.573. The highest BCUT2D eigenvalue weighted by molar-refractivity contribution is 6.11. The number of nitrogens with zero attached hydrogens (tertiary/aromatic N) is 1. The van der Waals surface area contributed by atoms with Gasteiger partial charge in [-0.25, -0.2) is 0 Å². The summed E-state index contributed by atoms with van der Waals surface area (Å²) in [5.41, 5.74) is 0.444. The van der Waals surface area contributed by atoms with Crippen molar-refractivity contribution in [1.82, 2.24) is 4.90 Å². The van der Waals surface area contributed by atoms with Gasteiger partial charge in [-0.05, 0) is 25.0 Å². The van der Waals surface area contributed by atoms with Gasteiger partial charge in [-0.3, -0.25) is 9.59 Å². The van der Waals surface area contributed by atoms with Crippen LogP contribution in [0.2, 0.25) is 0 Å². The number of ether oxygens (including phenoxy) is 1. The Bertz CT molecular complexity index is 570. The number of hydrogen-bond acceptors (Lipinski definition) is 4. The van der Waals surface area contributed by atoms with Gasteiger partial charge in [0.25, 0.3) is 5.91 Å². The number of nitrogens with one attached hydrogen (secondary N) is 1. The number of benzene rings is 1. The van der Waals surface area contributed by atoms with Gasteiger partial charge < -0.3 is 20.1 Å². The van der Waals surface area contributed by atoms with Crippen LogP contribution in [-0.4, -0.2) is 41.5 Å². The number of carbonyl (C=O) groups is 2. The Kier molecular flexibility index (Phi) is 2.58. The Morgan fingerprint density at radius 1 is 1.42 bits per heavy atom. The fourth-order valence-electron chi connectivity index (χ4n) is 2.69. The molecule has 0 aromatic heterocycles. The minimum absolute atomic E-state index is 0.142. The summed E-state index contributed by atoms with van der Waals surface area (Å²) in [4.78, 5) is 26.1. The van der Waals surface area contributed by atoms with E-state index < -0.39 is 6.04 Å². The molecule has 2 aliphatic heterocycles. The first-order valence-electron chi connectivity index (χ1n) is 6.15. The van der Waals surface area contributed by atoms with Crippen LogP contribution in [0.15, 0.2) is 12.1 Å². The number of carbonyl (C=O) groups excluding carboxylic acids is 2. The molecular weight excluding hydrogens is 248 g/mol. The van der Waals surface area contributed by atoms with Crippen LogP contribution in [0, 0.1) is 0 Å². The molecule has 0 radical (unpaired) electrons. The van der Waals surface area contributed by atoms with Crippen LogP contribution < -0.4 is 10.1 Å². The Morgan fingerprint density at radius 2 is 2.21 bits per heavy atom. The summed E-state index contributed by atoms with van der Waals surface area (Å²) in [7, 11) is 1.42. The quantitative estimate of drug-likeness (QED) is 0.739. The summed E-state index contributed by atoms with van der Waals surface area (Å²) in [5, 5.41) is 12.7. The fraction of sp³-hybridized carbons (Fsp3) is 0.385. The Balaban J connectivity index is 2.15. The van der Waals surface area contributed by atoms with Crippen molar-refractivity contribution in [2.75, 3.05) is 19.0 Å². The third-order valence-electron chi connectivity index (χ3n) is 3.66. The van der Waals surface area contributed by atoms with E-state index in [0.29, 0.717) is 18.5 Å². The Morgan fingerprint density at radius 3 is 2.95 bits per heavy atom. The minimum atomic E-state index is -0.440. The molecule has 1 aromatic rings. The predicted octanol–water partition coefficient (Wildman–Crippen LogP) is 0.957. The van der Waals surface area contributed by atoms with Crippen molar-refractivity contribution in [3.63, 3.8) is 0 Å². The second-order valence-electron chi connectivity index (χ2n) is 4.68. The lowest BCUT2D eigenvalue weighted by Crippen LogP contribution is -2.40. The molecule has 19 heavy (non-hydrogen) atoms. The molecule has 100 valence electrons. The van der Waals surface area contributed by atoms with Crippen molar-refractivity contribution < 1.29 is 19.4 Å². The molecule has 0 bridgehead atoms. The highest BCUT2D eigenvalue weighted by atomic mass is 16.5. The highest BCUT2D eigenvalue weighted by Crippen LogP contribution is 2.40. The van der Waals surface area contributed by atoms with Gasteiger partial charge in [0.2, 0.25) is 5.91 Å². The monoisotopic (exact) mass is 262 g/mol. The van der Waals surface area contributed by atoms with Crippen LogP contribution in [-0.2, 0) is 4.79 Å². The summed E-state index contributed by atoms with van der Waals surface area (Å²) in [6.07, 6.45) is 1.48. The predicted molar refractivity (Wildman–Crippen MR) is 67.3 cm³/mol. The molecule has 1 saturated heterocycles. The van der Waals surface area contributed by atoms with E-state index in [9.17, 15) is 14.7 Å². The van der Waals surface area contributed by atoms with Gasteiger partial charge in [0.15, 0.2) is 11.5 Å². The second kappa shape index (κ2) is 4.15. The average Bonchev–Trinajstić information content (AvgIpc) is 2.86. The lowest BCUT2D eigenvalue weighted by molar-refractivity contribution is -0.119. The van der Waals surface area contributed by atoms with Crippen molar-refractivity contribution >= 4 is 17.5 Å². The van der Waals surface area contributed by atoms with Crippen molar-refractivity contribution in [2.45, 2.75) is 18.9 Å². The van der Waals surface area contributed by atoms with Crippen molar-refractivity contribution in [2.24, 2.45) is 0 Å². The minimum Gasteiger partial charge on any atom is -0.503 e. The molecule has 2 heterocycles. The summed E-state index contributed by atoms with van der Waals surface area (Å²) in [6, 6.07) is 2.65. The zero-order valence-electron chi connectivity index (χ0n) is 10.5. The van der Waals surface area contributed by atoms with Gasteiger partial charge in [-0.15, -0.1) is 0 Å². The summed E-state index contributed by atoms with van der Waals surface area (Å²) >= 11 is 0. The molecule has 6 heteroatoms. The lowest BCUT2D eigenvalue weighted by atomic mass is 10.1. The van der Waals surface area contributed by atoms with E-state index in [4.69, 9.17) is 4.74 Å². The van der Waals surface area contributed by atoms with E-state index in [1.807, 2.05) is 0 Å². The van der Waals surface area contributed by atoms with E-state index in [1.54, 1.807) is 11.0 Å². The van der Waals surface area contributed by atoms with Gasteiger partial charge in [-0.1, -0.05) is 0 Å². The van der Waals surface area contributed by atoms with Crippen LogP contribution in [0.3, 0.4) is 0 Å². The molecule has 0 aliphatic carbocycles. The third-order valence-corrected chi connectivity index (χ3v) is 3.66. The van der Waals surface area contributed by atoms with E-state index in [0.717, 1.165) is 6.42 Å². The van der Waals surface area contributed by atoms with Crippen LogP contribution in [0.4, 0.5) is 5.69 Å². The van der Waals surface area contributed by atoms with Crippen LogP contribution >= 0.6 is 0 Å². The van der Waals surface area contributed by atoms with Gasteiger partial charge in [0.05, 0.1) is 12.7 Å². The number of phenols is 1. The molecule has 1 aromatic carbocycles. The molecule has 2 amide bonds. The lowest BCUT2D eigenvalue weighted by Gasteiger charge is -2.19. The average molecular weight is 262 g/mol. The fourth-order valence-corrected chi connectivity index (χ4v) is 2.69. The Hall–Kier alpha value is -2.24. The van der Waals surface area contributed by atoms with Crippen molar-refractivity contribution in [3.8, 4) is 11.5 Å². The van der Waals surface area contributed by atoms with E-state index in [-0.39, 0.29) is 29.0 Å². The maximum atomic E-state index is 12.4. The topological polar surface area (TPSA) is 78.9 Å². The molecular formula is C13H14N2O4. The van der Waals surface area contributed by atoms with E-state index in [2.05, 4.69) is 5.32 Å². The molecule has 6 nitrogen and oxygen atoms in total. The number of methoxy groups -OCH3 is 1. The number of hydrogen-bond donors (Lipinski definition) is 2. The van der Waals surface area contributed by atoms with E-state index >= 15 is 0 Å². The van der Waals surface area contributed by atoms with Gasteiger partial charge >= 0.3 is 0 Å². The molecule has 1 unspecified atom stereocenters. The first kappa shape index (κ1) is 11.8. The van der Waals surface area contributed by atoms with Crippen LogP contribution in [0.5, 0.6) is 11.5 Å². The highest BCUT2D eigenvalue weighted by Gasteiger charge is 2.39. The smallest absolute Gasteiger partial charge is 0.256 e. The zero-order valence-corrected chi connectivity index (χ0v) is 10.5. The SMILES string of the molecule is COc1ccc2c(c1O)NC(=O)C1CCCN1C2=O. The van der Waals surface area contributed by atoms with Gasteiger partial charge in [-0.2, -0.15) is 0 Å². The second-order valence-corrected chi connectivity index (χ2v) is 4.68.